The van der Waals surface area contributed by atoms with Crippen LogP contribution in [0.5, 0.6) is 0 Å². The summed E-state index contributed by atoms with van der Waals surface area (Å²) in [5, 5.41) is 10.3. The first-order chi connectivity index (χ1) is 10.6. The molecule has 0 unspecified atom stereocenters. The van der Waals surface area contributed by atoms with Crippen LogP contribution < -0.4 is 16.0 Å². The Labute approximate surface area is 129 Å². The van der Waals surface area contributed by atoms with E-state index in [0.717, 1.165) is 10.6 Å². The van der Waals surface area contributed by atoms with Gasteiger partial charge in [-0.15, -0.1) is 11.3 Å². The Bertz CT molecular complexity index is 718. The minimum atomic E-state index is -0.592. The molecular formula is C14H13FN4O2S. The Kier molecular flexibility index (Phi) is 4.01. The molecule has 114 valence electrons. The topological polar surface area (TPSA) is 83.1 Å². The second-order valence-corrected chi connectivity index (χ2v) is 5.75. The first-order valence-electron chi connectivity index (χ1n) is 6.67. The number of hydrogen-bond donors (Lipinski definition) is 3. The minimum Gasteiger partial charge on any atom is -0.331 e. The van der Waals surface area contributed by atoms with Crippen LogP contribution in [0.3, 0.4) is 0 Å². The molecule has 3 amide bonds. The number of aromatic nitrogens is 1. The molecule has 1 aromatic carbocycles. The maximum Gasteiger partial charge on any atom is 0.319 e. The molecule has 1 aliphatic rings. The lowest BCUT2D eigenvalue weighted by Crippen LogP contribution is -2.29. The number of amides is 3. The van der Waals surface area contributed by atoms with E-state index in [9.17, 15) is 14.0 Å². The van der Waals surface area contributed by atoms with Crippen molar-refractivity contribution in [3.63, 3.8) is 0 Å². The molecule has 1 aromatic heterocycles. The maximum atomic E-state index is 14.0. The zero-order chi connectivity index (χ0) is 15.5. The minimum absolute atomic E-state index is 0.0894. The number of hydrogen-bond acceptors (Lipinski definition) is 4. The Morgan fingerprint density at radius 1 is 1.41 bits per heavy atom. The Morgan fingerprint density at radius 3 is 3.05 bits per heavy atom. The molecule has 0 aliphatic carbocycles. The van der Waals surface area contributed by atoms with Crippen molar-refractivity contribution in [1.82, 2.24) is 10.3 Å². The second-order valence-electron chi connectivity index (χ2n) is 4.77. The number of carbonyl (C=O) groups is 2. The number of thiazole rings is 1. The van der Waals surface area contributed by atoms with E-state index in [1.54, 1.807) is 12.3 Å². The number of carbonyl (C=O) groups excluding carboxylic acids is 2. The SMILES string of the molecule is O=C1CCc2cc(NC(=O)NCc3nccs3)c(F)cc2N1. The zero-order valence-electron chi connectivity index (χ0n) is 11.5. The smallest absolute Gasteiger partial charge is 0.319 e. The van der Waals surface area contributed by atoms with Crippen molar-refractivity contribution in [1.29, 1.82) is 0 Å². The first-order valence-corrected chi connectivity index (χ1v) is 7.55. The van der Waals surface area contributed by atoms with Crippen LogP contribution in [0.1, 0.15) is 17.0 Å². The normalized spacial score (nSPS) is 13.2. The third-order valence-electron chi connectivity index (χ3n) is 3.22. The highest BCUT2D eigenvalue weighted by Gasteiger charge is 2.18. The van der Waals surface area contributed by atoms with Crippen molar-refractivity contribution in [2.24, 2.45) is 0 Å². The van der Waals surface area contributed by atoms with Gasteiger partial charge in [-0.2, -0.15) is 0 Å². The summed E-state index contributed by atoms with van der Waals surface area (Å²) in [6.07, 6.45) is 2.53. The van der Waals surface area contributed by atoms with Crippen molar-refractivity contribution in [2.45, 2.75) is 19.4 Å². The molecule has 0 fully saturated rings. The maximum absolute atomic E-state index is 14.0. The average Bonchev–Trinajstić information content (AvgIpc) is 2.99. The summed E-state index contributed by atoms with van der Waals surface area (Å²) in [5.41, 5.74) is 1.35. The van der Waals surface area contributed by atoms with Gasteiger partial charge in [0.2, 0.25) is 5.91 Å². The predicted molar refractivity (Wildman–Crippen MR) is 81.3 cm³/mol. The predicted octanol–water partition coefficient (Wildman–Crippen LogP) is 2.49. The van der Waals surface area contributed by atoms with Gasteiger partial charge in [-0.3, -0.25) is 4.79 Å². The number of rotatable bonds is 3. The fraction of sp³-hybridized carbons (Fsp3) is 0.214. The fourth-order valence-electron chi connectivity index (χ4n) is 2.16. The fourth-order valence-corrected chi connectivity index (χ4v) is 2.72. The van der Waals surface area contributed by atoms with Crippen molar-refractivity contribution >= 4 is 34.6 Å². The van der Waals surface area contributed by atoms with E-state index in [-0.39, 0.29) is 18.1 Å². The first kappa shape index (κ1) is 14.5. The average molecular weight is 320 g/mol. The number of urea groups is 1. The summed E-state index contributed by atoms with van der Waals surface area (Å²) >= 11 is 1.43. The Hall–Kier alpha value is -2.48. The molecule has 8 heteroatoms. The van der Waals surface area contributed by atoms with Crippen LogP contribution in [-0.4, -0.2) is 16.9 Å². The van der Waals surface area contributed by atoms with Gasteiger partial charge in [0.15, 0.2) is 0 Å². The summed E-state index contributed by atoms with van der Waals surface area (Å²) in [7, 11) is 0. The summed E-state index contributed by atoms with van der Waals surface area (Å²) in [4.78, 5) is 27.1. The molecule has 0 atom stereocenters. The number of anilines is 2. The molecule has 6 nitrogen and oxygen atoms in total. The molecule has 0 saturated heterocycles. The Morgan fingerprint density at radius 2 is 2.27 bits per heavy atom. The number of benzene rings is 1. The van der Waals surface area contributed by atoms with Gasteiger partial charge in [0.25, 0.3) is 0 Å². The monoisotopic (exact) mass is 320 g/mol. The van der Waals surface area contributed by atoms with E-state index in [4.69, 9.17) is 0 Å². The highest BCUT2D eigenvalue weighted by Crippen LogP contribution is 2.28. The largest absolute Gasteiger partial charge is 0.331 e. The lowest BCUT2D eigenvalue weighted by Gasteiger charge is -2.18. The number of halogens is 1. The molecule has 0 saturated carbocycles. The number of nitrogens with one attached hydrogen (secondary N) is 3. The zero-order valence-corrected chi connectivity index (χ0v) is 12.3. The third-order valence-corrected chi connectivity index (χ3v) is 4.00. The molecule has 0 radical (unpaired) electrons. The molecule has 22 heavy (non-hydrogen) atoms. The van der Waals surface area contributed by atoms with Gasteiger partial charge in [-0.1, -0.05) is 0 Å². The lowest BCUT2D eigenvalue weighted by atomic mass is 10.0. The van der Waals surface area contributed by atoms with Crippen LogP contribution in [0.2, 0.25) is 0 Å². The van der Waals surface area contributed by atoms with Crippen molar-refractivity contribution in [2.75, 3.05) is 10.6 Å². The molecule has 2 aromatic rings. The lowest BCUT2D eigenvalue weighted by molar-refractivity contribution is -0.116. The molecule has 1 aliphatic heterocycles. The van der Waals surface area contributed by atoms with Gasteiger partial charge in [-0.25, -0.2) is 14.2 Å². The van der Waals surface area contributed by atoms with E-state index in [2.05, 4.69) is 20.9 Å². The summed E-state index contributed by atoms with van der Waals surface area (Å²) in [5.74, 6) is -0.723. The molecule has 0 bridgehead atoms. The van der Waals surface area contributed by atoms with Crippen LogP contribution in [-0.2, 0) is 17.8 Å². The molecule has 0 spiro atoms. The van der Waals surface area contributed by atoms with Crippen LogP contribution >= 0.6 is 11.3 Å². The van der Waals surface area contributed by atoms with Crippen LogP contribution in [0.25, 0.3) is 0 Å². The van der Waals surface area contributed by atoms with Crippen molar-refractivity contribution in [3.8, 4) is 0 Å². The van der Waals surface area contributed by atoms with Crippen molar-refractivity contribution < 1.29 is 14.0 Å². The van der Waals surface area contributed by atoms with E-state index in [1.807, 2.05) is 5.38 Å². The van der Waals surface area contributed by atoms with Gasteiger partial charge in [0, 0.05) is 23.7 Å². The highest BCUT2D eigenvalue weighted by molar-refractivity contribution is 7.09. The highest BCUT2D eigenvalue weighted by atomic mass is 32.1. The summed E-state index contributed by atoms with van der Waals surface area (Å²) in [6, 6.07) is 2.27. The van der Waals surface area contributed by atoms with E-state index < -0.39 is 11.8 Å². The number of aryl methyl sites for hydroxylation is 1. The van der Waals surface area contributed by atoms with Crippen molar-refractivity contribution in [3.05, 3.63) is 40.1 Å². The molecule has 3 rings (SSSR count). The van der Waals surface area contributed by atoms with Gasteiger partial charge >= 0.3 is 6.03 Å². The van der Waals surface area contributed by atoms with Crippen LogP contribution in [0.4, 0.5) is 20.6 Å². The summed E-state index contributed by atoms with van der Waals surface area (Å²) < 4.78 is 14.0. The molecular weight excluding hydrogens is 307 g/mol. The Balaban J connectivity index is 1.67. The van der Waals surface area contributed by atoms with E-state index in [0.29, 0.717) is 18.5 Å². The van der Waals surface area contributed by atoms with Crippen LogP contribution in [0, 0.1) is 5.82 Å². The standard InChI is InChI=1S/C14H13FN4O2S/c15-9-6-10-8(1-2-12(20)18-10)5-11(9)19-14(21)17-7-13-16-3-4-22-13/h3-6H,1-2,7H2,(H,18,20)(H2,17,19,21). The van der Waals surface area contributed by atoms with Gasteiger partial charge in [-0.05, 0) is 24.1 Å². The number of fused-ring (bicyclic) bond motifs is 1. The molecule has 2 heterocycles. The molecule has 3 N–H and O–H groups in total. The van der Waals surface area contributed by atoms with Gasteiger partial charge in [0.05, 0.1) is 12.2 Å². The van der Waals surface area contributed by atoms with Gasteiger partial charge < -0.3 is 16.0 Å². The van der Waals surface area contributed by atoms with E-state index in [1.165, 1.54) is 17.4 Å². The summed E-state index contributed by atoms with van der Waals surface area (Å²) in [6.45, 7) is 0.284. The van der Waals surface area contributed by atoms with E-state index >= 15 is 0 Å². The van der Waals surface area contributed by atoms with Crippen LogP contribution in [0.15, 0.2) is 23.7 Å². The quantitative estimate of drug-likeness (QED) is 0.812. The number of nitrogens with zero attached hydrogens (tertiary/aromatic N) is 1. The van der Waals surface area contributed by atoms with Gasteiger partial charge in [0.1, 0.15) is 10.8 Å². The second kappa shape index (κ2) is 6.10. The third kappa shape index (κ3) is 3.22.